The molecule has 10 heteroatoms. The largest absolute Gasteiger partial charge is 0.494 e. The number of hydrogen-bond acceptors (Lipinski definition) is 10. The predicted molar refractivity (Wildman–Crippen MR) is 178 cm³/mol. The number of carbonyl (C=O) groups is 4. The van der Waals surface area contributed by atoms with E-state index in [0.29, 0.717) is 30.3 Å². The molecule has 1 aliphatic rings. The van der Waals surface area contributed by atoms with E-state index in [-0.39, 0.29) is 31.1 Å². The molecule has 1 aliphatic carbocycles. The molecule has 0 amide bonds. The molecule has 48 heavy (non-hydrogen) atoms. The van der Waals surface area contributed by atoms with Gasteiger partial charge in [-0.25, -0.2) is 14.4 Å². The minimum atomic E-state index is -0.702. The zero-order valence-corrected chi connectivity index (χ0v) is 27.3. The Bertz CT molecular complexity index is 1640. The first-order valence-corrected chi connectivity index (χ1v) is 15.8. The quantitative estimate of drug-likeness (QED) is 0.0478. The van der Waals surface area contributed by atoms with Crippen molar-refractivity contribution in [2.24, 2.45) is 0 Å². The summed E-state index contributed by atoms with van der Waals surface area (Å²) in [5.41, 5.74) is 4.81. The highest BCUT2D eigenvalue weighted by atomic mass is 16.6. The van der Waals surface area contributed by atoms with Gasteiger partial charge in [-0.1, -0.05) is 32.2 Å². The highest BCUT2D eigenvalue weighted by Gasteiger charge is 2.27. The molecule has 0 heterocycles. The lowest BCUT2D eigenvalue weighted by Crippen LogP contribution is -2.15. The molecule has 0 bridgehead atoms. The van der Waals surface area contributed by atoms with Crippen LogP contribution in [0.15, 0.2) is 85.5 Å². The number of benzene rings is 3. The number of esters is 4. The molecule has 0 N–H and O–H groups in total. The lowest BCUT2D eigenvalue weighted by atomic mass is 9.99. The molecule has 4 rings (SSSR count). The summed E-state index contributed by atoms with van der Waals surface area (Å²) in [7, 11) is 1.22. The lowest BCUT2D eigenvalue weighted by molar-refractivity contribution is -0.144. The number of carbonyl (C=O) groups excluding carboxylic acids is 4. The molecular weight excluding hydrogens is 616 g/mol. The summed E-state index contributed by atoms with van der Waals surface area (Å²) < 4.78 is 31.8. The number of ether oxygens (including phenoxy) is 6. The highest BCUT2D eigenvalue weighted by Crippen LogP contribution is 2.47. The van der Waals surface area contributed by atoms with Gasteiger partial charge in [0.25, 0.3) is 0 Å². The summed E-state index contributed by atoms with van der Waals surface area (Å²) in [6.07, 6.45) is 4.58. The smallest absolute Gasteiger partial charge is 0.343 e. The van der Waals surface area contributed by atoms with E-state index in [1.807, 2.05) is 18.2 Å². The van der Waals surface area contributed by atoms with Crippen molar-refractivity contribution in [1.29, 1.82) is 0 Å². The van der Waals surface area contributed by atoms with Gasteiger partial charge in [0.15, 0.2) is 0 Å². The van der Waals surface area contributed by atoms with E-state index in [4.69, 9.17) is 23.7 Å². The van der Waals surface area contributed by atoms with Crippen LogP contribution in [0.3, 0.4) is 0 Å². The van der Waals surface area contributed by atoms with E-state index < -0.39 is 23.9 Å². The van der Waals surface area contributed by atoms with Gasteiger partial charge in [0.2, 0.25) is 0 Å². The second kappa shape index (κ2) is 17.5. The molecule has 0 saturated carbocycles. The molecule has 3 aromatic rings. The van der Waals surface area contributed by atoms with E-state index in [2.05, 4.69) is 37.0 Å². The summed E-state index contributed by atoms with van der Waals surface area (Å²) in [4.78, 5) is 47.1. The highest BCUT2D eigenvalue weighted by molar-refractivity contribution is 5.93. The van der Waals surface area contributed by atoms with E-state index >= 15 is 0 Å². The number of unbranched alkanes of at least 4 members (excludes halogenated alkanes) is 3. The zero-order chi connectivity index (χ0) is 34.5. The fourth-order valence-electron chi connectivity index (χ4n) is 5.16. The van der Waals surface area contributed by atoms with Gasteiger partial charge >= 0.3 is 23.9 Å². The number of rotatable bonds is 18. The Morgan fingerprint density at radius 1 is 0.729 bits per heavy atom. The molecule has 0 fully saturated rings. The van der Waals surface area contributed by atoms with Crippen molar-refractivity contribution in [3.05, 3.63) is 102 Å². The van der Waals surface area contributed by atoms with E-state index in [0.717, 1.165) is 53.7 Å². The van der Waals surface area contributed by atoms with Crippen LogP contribution >= 0.6 is 0 Å². The first-order valence-electron chi connectivity index (χ1n) is 15.8. The SMILES string of the molecule is C=CC(=O)OCCCCCCOc1ccc2c(c1)C(C)c1cc(OC(=O)c3ccc(OCCOC(=O)C(=C)CC(=O)OC)cc3)ccc1-2. The monoisotopic (exact) mass is 656 g/mol. The Labute approximate surface area is 280 Å². The van der Waals surface area contributed by atoms with Gasteiger partial charge in [-0.15, -0.1) is 0 Å². The number of methoxy groups -OCH3 is 1. The summed E-state index contributed by atoms with van der Waals surface area (Å²) in [6.45, 7) is 10.1. The molecule has 0 spiro atoms. The Morgan fingerprint density at radius 3 is 2.00 bits per heavy atom. The van der Waals surface area contributed by atoms with Crippen LogP contribution in [0.1, 0.15) is 66.4 Å². The van der Waals surface area contributed by atoms with Gasteiger partial charge in [0.1, 0.15) is 30.5 Å². The van der Waals surface area contributed by atoms with Gasteiger partial charge < -0.3 is 28.4 Å². The first kappa shape index (κ1) is 35.5. The van der Waals surface area contributed by atoms with Crippen molar-refractivity contribution in [3.8, 4) is 28.4 Å². The first-order chi connectivity index (χ1) is 23.2. The molecule has 1 unspecified atom stereocenters. The fraction of sp³-hybridized carbons (Fsp3) is 0.316. The minimum absolute atomic E-state index is 0.00600. The molecule has 0 aromatic heterocycles. The molecule has 1 atom stereocenters. The third-order valence-corrected chi connectivity index (χ3v) is 7.75. The maximum absolute atomic E-state index is 12.9. The van der Waals surface area contributed by atoms with Gasteiger partial charge in [-0.05, 0) is 96.5 Å². The fourth-order valence-corrected chi connectivity index (χ4v) is 5.16. The normalized spacial score (nSPS) is 12.6. The van der Waals surface area contributed by atoms with Crippen LogP contribution in [0.5, 0.6) is 17.2 Å². The summed E-state index contributed by atoms with van der Waals surface area (Å²) >= 11 is 0. The summed E-state index contributed by atoms with van der Waals surface area (Å²) in [5, 5.41) is 0. The molecule has 0 radical (unpaired) electrons. The Morgan fingerprint density at radius 2 is 1.33 bits per heavy atom. The predicted octanol–water partition coefficient (Wildman–Crippen LogP) is 6.75. The molecule has 0 saturated heterocycles. The average molecular weight is 657 g/mol. The van der Waals surface area contributed by atoms with E-state index in [1.165, 1.54) is 13.2 Å². The molecule has 0 aliphatic heterocycles. The van der Waals surface area contributed by atoms with Gasteiger partial charge in [-0.2, -0.15) is 0 Å². The van der Waals surface area contributed by atoms with Crippen LogP contribution in [0.25, 0.3) is 11.1 Å². The van der Waals surface area contributed by atoms with Gasteiger partial charge in [-0.3, -0.25) is 4.79 Å². The molecule has 252 valence electrons. The maximum atomic E-state index is 12.9. The van der Waals surface area contributed by atoms with Crippen molar-refractivity contribution < 1.29 is 47.6 Å². The van der Waals surface area contributed by atoms with Crippen LogP contribution in [0, 0.1) is 0 Å². The Hall–Kier alpha value is -5.38. The molecular formula is C38H40O10. The lowest BCUT2D eigenvalue weighted by Gasteiger charge is -2.11. The standard InChI is InChI=1S/C38H40O10/c1-5-35(39)46-19-9-7-6-8-18-44-29-14-16-31-32-17-15-30(24-34(32)26(3)33(31)23-29)48-38(42)27-10-12-28(13-11-27)45-20-21-47-37(41)25(2)22-36(40)43-4/h5,10-17,23-24,26H,1-2,6-9,18-22H2,3-4H3. The summed E-state index contributed by atoms with van der Waals surface area (Å²) in [6, 6.07) is 18.2. The van der Waals surface area contributed by atoms with Crippen LogP contribution < -0.4 is 14.2 Å². The third-order valence-electron chi connectivity index (χ3n) is 7.75. The van der Waals surface area contributed by atoms with Crippen LogP contribution in [0.4, 0.5) is 0 Å². The topological polar surface area (TPSA) is 124 Å². The van der Waals surface area contributed by atoms with E-state index in [1.54, 1.807) is 30.3 Å². The average Bonchev–Trinajstić information content (AvgIpc) is 3.37. The maximum Gasteiger partial charge on any atom is 0.343 e. The minimum Gasteiger partial charge on any atom is -0.494 e. The Balaban J connectivity index is 1.22. The van der Waals surface area contributed by atoms with Gasteiger partial charge in [0.05, 0.1) is 32.3 Å². The van der Waals surface area contributed by atoms with Crippen molar-refractivity contribution in [1.82, 2.24) is 0 Å². The number of hydrogen-bond donors (Lipinski definition) is 0. The van der Waals surface area contributed by atoms with Crippen LogP contribution in [-0.4, -0.2) is 57.4 Å². The second-order valence-corrected chi connectivity index (χ2v) is 11.1. The second-order valence-electron chi connectivity index (χ2n) is 11.1. The van der Waals surface area contributed by atoms with Crippen LogP contribution in [0.2, 0.25) is 0 Å². The van der Waals surface area contributed by atoms with Crippen molar-refractivity contribution in [2.75, 3.05) is 33.5 Å². The van der Waals surface area contributed by atoms with Crippen molar-refractivity contribution in [2.45, 2.75) is 44.9 Å². The zero-order valence-electron chi connectivity index (χ0n) is 27.3. The number of fused-ring (bicyclic) bond motifs is 3. The van der Waals surface area contributed by atoms with E-state index in [9.17, 15) is 19.2 Å². The van der Waals surface area contributed by atoms with Crippen LogP contribution in [-0.2, 0) is 28.6 Å². The van der Waals surface area contributed by atoms with Crippen molar-refractivity contribution >= 4 is 23.9 Å². The van der Waals surface area contributed by atoms with Crippen molar-refractivity contribution in [3.63, 3.8) is 0 Å². The third kappa shape index (κ3) is 9.81. The van der Waals surface area contributed by atoms with Gasteiger partial charge in [0, 0.05) is 17.6 Å². The molecule has 10 nitrogen and oxygen atoms in total. The molecule has 3 aromatic carbocycles. The Kier molecular flexibility index (Phi) is 12.9. The summed E-state index contributed by atoms with van der Waals surface area (Å²) in [5.74, 6) is -0.336.